The first-order chi connectivity index (χ1) is 5.91. The molecule has 0 aromatic rings. The predicted octanol–water partition coefficient (Wildman–Crippen LogP) is 1.40. The van der Waals surface area contributed by atoms with Gasteiger partial charge in [0.2, 0.25) is 0 Å². The Labute approximate surface area is 75.2 Å². The molecule has 1 fully saturated rings. The third kappa shape index (κ3) is 1.61. The van der Waals surface area contributed by atoms with Crippen LogP contribution in [0.2, 0.25) is 0 Å². The summed E-state index contributed by atoms with van der Waals surface area (Å²) in [6, 6.07) is 0. The van der Waals surface area contributed by atoms with Crippen LogP contribution in [0.15, 0.2) is 11.9 Å². The minimum absolute atomic E-state index is 0.0906. The minimum atomic E-state index is -0.940. The molecule has 1 N–H and O–H groups in total. The molecule has 2 atom stereocenters. The Morgan fingerprint density at radius 2 is 2.08 bits per heavy atom. The molecule has 3 nitrogen and oxygen atoms in total. The van der Waals surface area contributed by atoms with Gasteiger partial charge in [-0.05, 0) is 17.4 Å². The van der Waals surface area contributed by atoms with Crippen molar-refractivity contribution in [2.75, 3.05) is 0 Å². The number of carboxylic acids is 1. The van der Waals surface area contributed by atoms with E-state index in [0.717, 1.165) is 6.08 Å². The first kappa shape index (κ1) is 9.89. The summed E-state index contributed by atoms with van der Waals surface area (Å²) in [6.07, 6.45) is 1.18. The van der Waals surface area contributed by atoms with Gasteiger partial charge in [0.25, 0.3) is 0 Å². The molecule has 0 radical (unpaired) electrons. The molecule has 0 bridgehead atoms. The molecule has 1 rings (SSSR count). The lowest BCUT2D eigenvalue weighted by atomic mass is 10.1. The Balaban J connectivity index is 2.77. The SMILES string of the molecule is CC1(C)C(C=C(F)C=O)C1C(=O)O. The second-order valence-corrected chi connectivity index (χ2v) is 3.83. The highest BCUT2D eigenvalue weighted by Crippen LogP contribution is 2.59. The van der Waals surface area contributed by atoms with Crippen molar-refractivity contribution in [1.82, 2.24) is 0 Å². The fraction of sp³-hybridized carbons (Fsp3) is 0.556. The van der Waals surface area contributed by atoms with E-state index in [1.54, 1.807) is 13.8 Å². The summed E-state index contributed by atoms with van der Waals surface area (Å²) in [5, 5.41) is 8.70. The van der Waals surface area contributed by atoms with Gasteiger partial charge in [0.1, 0.15) is 0 Å². The average Bonchev–Trinajstić information content (AvgIpc) is 2.53. The number of hydrogen-bond acceptors (Lipinski definition) is 2. The Morgan fingerprint density at radius 3 is 2.38 bits per heavy atom. The van der Waals surface area contributed by atoms with Gasteiger partial charge in [-0.15, -0.1) is 0 Å². The van der Waals surface area contributed by atoms with Crippen LogP contribution >= 0.6 is 0 Å². The number of carbonyl (C=O) groups is 2. The maximum absolute atomic E-state index is 12.5. The number of hydrogen-bond donors (Lipinski definition) is 1. The lowest BCUT2D eigenvalue weighted by Crippen LogP contribution is -2.03. The van der Waals surface area contributed by atoms with Crippen LogP contribution in [0, 0.1) is 17.3 Å². The van der Waals surface area contributed by atoms with Crippen molar-refractivity contribution >= 4 is 12.3 Å². The molecular weight excluding hydrogens is 175 g/mol. The number of carboxylic acid groups (broad SMARTS) is 1. The van der Waals surface area contributed by atoms with Crippen LogP contribution < -0.4 is 0 Å². The minimum Gasteiger partial charge on any atom is -0.481 e. The van der Waals surface area contributed by atoms with Crippen molar-refractivity contribution in [1.29, 1.82) is 0 Å². The van der Waals surface area contributed by atoms with Gasteiger partial charge in [0.05, 0.1) is 5.92 Å². The summed E-state index contributed by atoms with van der Waals surface area (Å²) >= 11 is 0. The predicted molar refractivity (Wildman–Crippen MR) is 43.7 cm³/mol. The molecular formula is C9H11FO3. The Kier molecular flexibility index (Phi) is 2.24. The van der Waals surface area contributed by atoms with E-state index >= 15 is 0 Å². The van der Waals surface area contributed by atoms with Gasteiger partial charge in [-0.3, -0.25) is 9.59 Å². The first-order valence-electron chi connectivity index (χ1n) is 3.96. The van der Waals surface area contributed by atoms with Gasteiger partial charge in [-0.1, -0.05) is 13.8 Å². The van der Waals surface area contributed by atoms with Crippen LogP contribution in [0.1, 0.15) is 13.8 Å². The van der Waals surface area contributed by atoms with Crippen LogP contribution in [-0.2, 0) is 9.59 Å². The second-order valence-electron chi connectivity index (χ2n) is 3.83. The average molecular weight is 186 g/mol. The first-order valence-corrected chi connectivity index (χ1v) is 3.96. The molecule has 0 amide bonds. The summed E-state index contributed by atoms with van der Waals surface area (Å²) in [7, 11) is 0. The zero-order valence-corrected chi connectivity index (χ0v) is 7.45. The van der Waals surface area contributed by atoms with Crippen LogP contribution in [0.4, 0.5) is 4.39 Å². The van der Waals surface area contributed by atoms with Crippen LogP contribution in [0.25, 0.3) is 0 Å². The molecule has 0 aliphatic heterocycles. The normalized spacial score (nSPS) is 31.2. The largest absolute Gasteiger partial charge is 0.481 e. The van der Waals surface area contributed by atoms with Gasteiger partial charge in [-0.2, -0.15) is 0 Å². The molecule has 0 spiro atoms. The van der Waals surface area contributed by atoms with Gasteiger partial charge >= 0.3 is 5.97 Å². The van der Waals surface area contributed by atoms with Crippen molar-refractivity contribution < 1.29 is 19.1 Å². The lowest BCUT2D eigenvalue weighted by molar-refractivity contribution is -0.139. The van der Waals surface area contributed by atoms with Crippen molar-refractivity contribution in [3.05, 3.63) is 11.9 Å². The molecule has 0 aromatic heterocycles. The van der Waals surface area contributed by atoms with Gasteiger partial charge in [-0.25, -0.2) is 4.39 Å². The molecule has 2 unspecified atom stereocenters. The number of halogens is 1. The molecule has 0 aromatic carbocycles. The van der Waals surface area contributed by atoms with E-state index in [-0.39, 0.29) is 12.2 Å². The van der Waals surface area contributed by atoms with Crippen LogP contribution in [0.5, 0.6) is 0 Å². The summed E-state index contributed by atoms with van der Waals surface area (Å²) in [5.41, 5.74) is -0.438. The molecule has 1 aliphatic rings. The molecule has 4 heteroatoms. The fourth-order valence-electron chi connectivity index (χ4n) is 1.67. The molecule has 0 saturated heterocycles. The standard InChI is InChI=1S/C9H11FO3/c1-9(2)6(3-5(10)4-11)7(9)8(12)13/h3-4,6-7H,1-2H3,(H,12,13). The Hall–Kier alpha value is -1.19. The molecule has 13 heavy (non-hydrogen) atoms. The third-order valence-corrected chi connectivity index (χ3v) is 2.63. The number of aldehydes is 1. The van der Waals surface area contributed by atoms with Gasteiger partial charge < -0.3 is 5.11 Å². The maximum atomic E-state index is 12.5. The van der Waals surface area contributed by atoms with E-state index in [1.165, 1.54) is 0 Å². The van der Waals surface area contributed by atoms with Crippen molar-refractivity contribution in [2.45, 2.75) is 13.8 Å². The Bertz CT molecular complexity index is 281. The highest BCUT2D eigenvalue weighted by Gasteiger charge is 2.61. The number of carbonyl (C=O) groups excluding carboxylic acids is 1. The zero-order chi connectivity index (χ0) is 10.2. The van der Waals surface area contributed by atoms with E-state index in [4.69, 9.17) is 5.11 Å². The fourth-order valence-corrected chi connectivity index (χ4v) is 1.67. The number of aliphatic carboxylic acids is 1. The topological polar surface area (TPSA) is 54.4 Å². The summed E-state index contributed by atoms with van der Waals surface area (Å²) in [6.45, 7) is 3.48. The maximum Gasteiger partial charge on any atom is 0.307 e. The van der Waals surface area contributed by atoms with Crippen LogP contribution in [0.3, 0.4) is 0 Å². The van der Waals surface area contributed by atoms with Crippen molar-refractivity contribution in [2.24, 2.45) is 17.3 Å². The Morgan fingerprint density at radius 1 is 1.54 bits per heavy atom. The van der Waals surface area contributed by atoms with E-state index in [0.29, 0.717) is 0 Å². The highest BCUT2D eigenvalue weighted by molar-refractivity contribution is 5.77. The van der Waals surface area contributed by atoms with Crippen molar-refractivity contribution in [3.63, 3.8) is 0 Å². The van der Waals surface area contributed by atoms with Crippen LogP contribution in [-0.4, -0.2) is 17.4 Å². The van der Waals surface area contributed by atoms with E-state index in [1.807, 2.05) is 0 Å². The monoisotopic (exact) mass is 186 g/mol. The molecule has 1 aliphatic carbocycles. The highest BCUT2D eigenvalue weighted by atomic mass is 19.1. The van der Waals surface area contributed by atoms with Gasteiger partial charge in [0.15, 0.2) is 12.1 Å². The molecule has 72 valence electrons. The number of allylic oxidation sites excluding steroid dienone is 2. The second kappa shape index (κ2) is 2.94. The van der Waals surface area contributed by atoms with Crippen molar-refractivity contribution in [3.8, 4) is 0 Å². The van der Waals surface area contributed by atoms with E-state index < -0.39 is 23.1 Å². The zero-order valence-electron chi connectivity index (χ0n) is 7.45. The number of rotatable bonds is 3. The molecule has 1 saturated carbocycles. The lowest BCUT2D eigenvalue weighted by Gasteiger charge is -1.96. The summed E-state index contributed by atoms with van der Waals surface area (Å²) in [5.74, 6) is -2.76. The molecule has 0 heterocycles. The summed E-state index contributed by atoms with van der Waals surface area (Å²) < 4.78 is 12.5. The smallest absolute Gasteiger partial charge is 0.307 e. The quantitative estimate of drug-likeness (QED) is 0.535. The van der Waals surface area contributed by atoms with E-state index in [9.17, 15) is 14.0 Å². The van der Waals surface area contributed by atoms with E-state index in [2.05, 4.69) is 0 Å². The van der Waals surface area contributed by atoms with Gasteiger partial charge in [0, 0.05) is 0 Å². The summed E-state index contributed by atoms with van der Waals surface area (Å²) in [4.78, 5) is 20.6. The third-order valence-electron chi connectivity index (χ3n) is 2.63.